The highest BCUT2D eigenvalue weighted by atomic mass is 32.1. The minimum Gasteiger partial charge on any atom is -0.411 e. The van der Waals surface area contributed by atoms with E-state index in [9.17, 15) is 18.0 Å². The zero-order valence-electron chi connectivity index (χ0n) is 9.69. The largest absolute Gasteiger partial charge is 0.411 e. The number of thiazole rings is 1. The third kappa shape index (κ3) is 5.66. The van der Waals surface area contributed by atoms with E-state index in [2.05, 4.69) is 20.2 Å². The summed E-state index contributed by atoms with van der Waals surface area (Å²) in [6, 6.07) is 0. The second kappa shape index (κ2) is 6.48. The molecule has 0 atom stereocenters. The molecule has 0 unspecified atom stereocenters. The molecule has 1 aromatic rings. The molecule has 10 heteroatoms. The lowest BCUT2D eigenvalue weighted by atomic mass is 10.3. The van der Waals surface area contributed by atoms with E-state index in [1.807, 2.05) is 0 Å². The maximum atomic E-state index is 11.8. The van der Waals surface area contributed by atoms with Gasteiger partial charge in [-0.25, -0.2) is 4.98 Å². The van der Waals surface area contributed by atoms with E-state index in [0.29, 0.717) is 5.69 Å². The number of hydrogen-bond donors (Lipinski definition) is 2. The number of hydrogen-bond acceptors (Lipinski definition) is 6. The number of rotatable bonds is 5. The molecule has 0 radical (unpaired) electrons. The first-order chi connectivity index (χ1) is 8.81. The lowest BCUT2D eigenvalue weighted by Gasteiger charge is -2.06. The molecule has 1 heterocycles. The lowest BCUT2D eigenvalue weighted by molar-refractivity contribution is -0.174. The minimum atomic E-state index is -4.47. The molecule has 1 aromatic heterocycles. The first kappa shape index (κ1) is 15.4. The van der Waals surface area contributed by atoms with Gasteiger partial charge in [0.15, 0.2) is 5.13 Å². The number of amides is 1. The molecule has 0 aliphatic carbocycles. The van der Waals surface area contributed by atoms with Crippen molar-refractivity contribution in [3.05, 3.63) is 11.1 Å². The minimum absolute atomic E-state index is 0.179. The van der Waals surface area contributed by atoms with Crippen LogP contribution >= 0.6 is 11.3 Å². The van der Waals surface area contributed by atoms with E-state index < -0.39 is 25.3 Å². The van der Waals surface area contributed by atoms with E-state index in [0.717, 1.165) is 11.3 Å². The van der Waals surface area contributed by atoms with E-state index in [1.165, 1.54) is 12.3 Å². The van der Waals surface area contributed by atoms with Gasteiger partial charge in [-0.05, 0) is 6.92 Å². The molecule has 6 nitrogen and oxygen atoms in total. The van der Waals surface area contributed by atoms with Gasteiger partial charge < -0.3 is 9.94 Å². The number of nitrogens with one attached hydrogen (secondary N) is 1. The van der Waals surface area contributed by atoms with Crippen LogP contribution in [0.15, 0.2) is 10.5 Å². The Bertz CT molecular complexity index is 473. The Morgan fingerprint density at radius 2 is 2.32 bits per heavy atom. The third-order valence-electron chi connectivity index (χ3n) is 1.77. The molecular weight excluding hydrogens is 287 g/mol. The smallest absolute Gasteiger partial charge is 0.411 e. The second-order valence-electron chi connectivity index (χ2n) is 3.38. The van der Waals surface area contributed by atoms with Crippen molar-refractivity contribution in [2.45, 2.75) is 13.1 Å². The lowest BCUT2D eigenvalue weighted by Crippen LogP contribution is -2.23. The number of anilines is 1. The van der Waals surface area contributed by atoms with Crippen molar-refractivity contribution < 1.29 is 27.9 Å². The number of aromatic nitrogens is 1. The van der Waals surface area contributed by atoms with Crippen molar-refractivity contribution in [3.63, 3.8) is 0 Å². The predicted molar refractivity (Wildman–Crippen MR) is 61.6 cm³/mol. The number of nitrogens with zero attached hydrogens (tertiary/aromatic N) is 2. The van der Waals surface area contributed by atoms with Gasteiger partial charge in [0.05, 0.1) is 0 Å². The number of alkyl halides is 3. The fraction of sp³-hybridized carbons (Fsp3) is 0.444. The highest BCUT2D eigenvalue weighted by Crippen LogP contribution is 2.16. The Hall–Kier alpha value is -1.68. The fourth-order valence-corrected chi connectivity index (χ4v) is 1.73. The molecule has 1 rings (SSSR count). The standard InChI is InChI=1S/C9H10F3N3O3S/c1-5(15-17)6-3-19-8(13-6)14-7(16)2-18-4-9(10,11)12/h3,17H,2,4H2,1H3,(H,13,14,16). The Morgan fingerprint density at radius 3 is 2.89 bits per heavy atom. The summed E-state index contributed by atoms with van der Waals surface area (Å²) in [5, 5.41) is 15.4. The summed E-state index contributed by atoms with van der Waals surface area (Å²) in [5.74, 6) is -0.747. The van der Waals surface area contributed by atoms with Gasteiger partial charge in [-0.2, -0.15) is 13.2 Å². The van der Waals surface area contributed by atoms with Crippen LogP contribution in [0, 0.1) is 0 Å². The Labute approximate surface area is 109 Å². The van der Waals surface area contributed by atoms with Crippen molar-refractivity contribution in [2.24, 2.45) is 5.16 Å². The summed E-state index contributed by atoms with van der Waals surface area (Å²) in [4.78, 5) is 15.1. The molecule has 0 saturated heterocycles. The van der Waals surface area contributed by atoms with Crippen molar-refractivity contribution in [2.75, 3.05) is 18.5 Å². The SMILES string of the molecule is CC(=NO)c1csc(NC(=O)COCC(F)(F)F)n1. The predicted octanol–water partition coefficient (Wildman–Crippen LogP) is 1.86. The maximum Gasteiger partial charge on any atom is 0.411 e. The van der Waals surface area contributed by atoms with Crippen molar-refractivity contribution in [1.82, 2.24) is 4.98 Å². The average Bonchev–Trinajstić information content (AvgIpc) is 2.74. The highest BCUT2D eigenvalue weighted by Gasteiger charge is 2.27. The van der Waals surface area contributed by atoms with E-state index in [-0.39, 0.29) is 10.8 Å². The number of carbonyl (C=O) groups excluding carboxylic acids is 1. The molecule has 0 aliphatic rings. The molecule has 0 saturated carbocycles. The van der Waals surface area contributed by atoms with E-state index >= 15 is 0 Å². The zero-order valence-corrected chi connectivity index (χ0v) is 10.5. The van der Waals surface area contributed by atoms with Gasteiger partial charge in [-0.3, -0.25) is 10.1 Å². The van der Waals surface area contributed by atoms with Crippen LogP contribution in [0.25, 0.3) is 0 Å². The highest BCUT2D eigenvalue weighted by molar-refractivity contribution is 7.14. The van der Waals surface area contributed by atoms with Crippen molar-refractivity contribution >= 4 is 28.1 Å². The van der Waals surface area contributed by atoms with Gasteiger partial charge in [-0.15, -0.1) is 11.3 Å². The molecule has 0 fully saturated rings. The molecule has 19 heavy (non-hydrogen) atoms. The zero-order chi connectivity index (χ0) is 14.5. The van der Waals surface area contributed by atoms with Gasteiger partial charge in [0.25, 0.3) is 5.91 Å². The van der Waals surface area contributed by atoms with Crippen LogP contribution in [-0.2, 0) is 9.53 Å². The molecule has 0 aliphatic heterocycles. The summed E-state index contributed by atoms with van der Waals surface area (Å²) >= 11 is 1.05. The Kier molecular flexibility index (Phi) is 5.24. The molecule has 0 bridgehead atoms. The van der Waals surface area contributed by atoms with Crippen LogP contribution in [-0.4, -0.2) is 41.2 Å². The summed E-state index contributed by atoms with van der Waals surface area (Å²) in [6.45, 7) is -0.700. The van der Waals surface area contributed by atoms with Crippen LogP contribution in [0.2, 0.25) is 0 Å². The van der Waals surface area contributed by atoms with Gasteiger partial charge in [0, 0.05) is 5.38 Å². The Morgan fingerprint density at radius 1 is 1.63 bits per heavy atom. The normalized spacial score (nSPS) is 12.5. The molecular formula is C9H10F3N3O3S. The van der Waals surface area contributed by atoms with Crippen LogP contribution in [0.3, 0.4) is 0 Å². The van der Waals surface area contributed by atoms with Crippen LogP contribution in [0.4, 0.5) is 18.3 Å². The van der Waals surface area contributed by atoms with E-state index in [1.54, 1.807) is 0 Å². The molecule has 0 aromatic carbocycles. The topological polar surface area (TPSA) is 83.8 Å². The number of carbonyl (C=O) groups is 1. The molecule has 106 valence electrons. The summed E-state index contributed by atoms with van der Waals surface area (Å²) in [6.07, 6.45) is -4.47. The second-order valence-corrected chi connectivity index (χ2v) is 4.24. The van der Waals surface area contributed by atoms with Gasteiger partial charge in [-0.1, -0.05) is 5.16 Å². The van der Waals surface area contributed by atoms with Gasteiger partial charge in [0.1, 0.15) is 24.6 Å². The van der Waals surface area contributed by atoms with Crippen LogP contribution in [0.5, 0.6) is 0 Å². The molecule has 1 amide bonds. The quantitative estimate of drug-likeness (QED) is 0.493. The molecule has 2 N–H and O–H groups in total. The van der Waals surface area contributed by atoms with Gasteiger partial charge >= 0.3 is 6.18 Å². The van der Waals surface area contributed by atoms with Crippen molar-refractivity contribution in [1.29, 1.82) is 0 Å². The van der Waals surface area contributed by atoms with Gasteiger partial charge in [0.2, 0.25) is 0 Å². The third-order valence-corrected chi connectivity index (χ3v) is 2.53. The maximum absolute atomic E-state index is 11.8. The van der Waals surface area contributed by atoms with E-state index in [4.69, 9.17) is 5.21 Å². The average molecular weight is 297 g/mol. The monoisotopic (exact) mass is 297 g/mol. The summed E-state index contributed by atoms with van der Waals surface area (Å²) in [7, 11) is 0. The number of halogens is 3. The van der Waals surface area contributed by atoms with Crippen LogP contribution in [0.1, 0.15) is 12.6 Å². The number of ether oxygens (including phenoxy) is 1. The molecule has 0 spiro atoms. The first-order valence-electron chi connectivity index (χ1n) is 4.90. The fourth-order valence-electron chi connectivity index (χ4n) is 0.963. The first-order valence-corrected chi connectivity index (χ1v) is 5.78. The summed E-state index contributed by atoms with van der Waals surface area (Å²) in [5.41, 5.74) is 0.615. The number of oxime groups is 1. The van der Waals surface area contributed by atoms with Crippen molar-refractivity contribution in [3.8, 4) is 0 Å². The summed E-state index contributed by atoms with van der Waals surface area (Å²) < 4.78 is 39.5. The van der Waals surface area contributed by atoms with Crippen LogP contribution < -0.4 is 5.32 Å². The Balaban J connectivity index is 2.43.